The van der Waals surface area contributed by atoms with E-state index in [4.69, 9.17) is 0 Å². The van der Waals surface area contributed by atoms with Crippen molar-refractivity contribution in [3.63, 3.8) is 0 Å². The van der Waals surface area contributed by atoms with E-state index in [1.165, 1.54) is 17.0 Å². The molecule has 0 radical (unpaired) electrons. The number of hydrogen-bond donors (Lipinski definition) is 1. The van der Waals surface area contributed by atoms with E-state index < -0.39 is 0 Å². The molecular formula is C14H17N3S2. The van der Waals surface area contributed by atoms with E-state index in [2.05, 4.69) is 57.7 Å². The summed E-state index contributed by atoms with van der Waals surface area (Å²) in [6, 6.07) is 2.55. The van der Waals surface area contributed by atoms with Crippen LogP contribution in [0.1, 0.15) is 35.6 Å². The lowest BCUT2D eigenvalue weighted by molar-refractivity contribution is 0.565. The maximum absolute atomic E-state index is 4.62. The second-order valence-electron chi connectivity index (χ2n) is 4.80. The molecule has 0 bridgehead atoms. The highest BCUT2D eigenvalue weighted by Gasteiger charge is 2.13. The van der Waals surface area contributed by atoms with E-state index in [1.54, 1.807) is 22.7 Å². The number of aryl methyl sites for hydroxylation is 2. The first-order valence-corrected chi connectivity index (χ1v) is 8.16. The predicted octanol–water partition coefficient (Wildman–Crippen LogP) is 3.92. The molecule has 1 unspecified atom stereocenters. The van der Waals surface area contributed by atoms with Gasteiger partial charge in [-0.15, -0.1) is 11.3 Å². The summed E-state index contributed by atoms with van der Waals surface area (Å²) in [6.45, 7) is 7.28. The minimum atomic E-state index is 0.371. The van der Waals surface area contributed by atoms with Crippen LogP contribution in [0.5, 0.6) is 0 Å². The molecule has 0 saturated carbocycles. The summed E-state index contributed by atoms with van der Waals surface area (Å²) in [5, 5.41) is 10.1. The lowest BCUT2D eigenvalue weighted by Crippen LogP contribution is -2.19. The Morgan fingerprint density at radius 1 is 1.37 bits per heavy atom. The summed E-state index contributed by atoms with van der Waals surface area (Å²) >= 11 is 3.45. The summed E-state index contributed by atoms with van der Waals surface area (Å²) in [6.07, 6.45) is 0. The Morgan fingerprint density at radius 2 is 2.21 bits per heavy atom. The summed E-state index contributed by atoms with van der Waals surface area (Å²) in [5.41, 5.74) is 5.02. The second kappa shape index (κ2) is 5.07. The quantitative estimate of drug-likeness (QED) is 0.789. The Morgan fingerprint density at radius 3 is 2.95 bits per heavy atom. The van der Waals surface area contributed by atoms with Crippen LogP contribution < -0.4 is 5.32 Å². The Labute approximate surface area is 120 Å². The summed E-state index contributed by atoms with van der Waals surface area (Å²) in [4.78, 5) is 5.71. The van der Waals surface area contributed by atoms with Gasteiger partial charge in [-0.1, -0.05) is 0 Å². The molecule has 3 rings (SSSR count). The average molecular weight is 291 g/mol. The van der Waals surface area contributed by atoms with Crippen molar-refractivity contribution < 1.29 is 0 Å². The number of nitrogens with one attached hydrogen (secondary N) is 1. The normalized spacial score (nSPS) is 13.2. The molecule has 0 aliphatic rings. The third-order valence-corrected chi connectivity index (χ3v) is 5.09. The first-order chi connectivity index (χ1) is 9.16. The number of imidazole rings is 1. The molecule has 19 heavy (non-hydrogen) atoms. The van der Waals surface area contributed by atoms with Crippen molar-refractivity contribution in [1.29, 1.82) is 0 Å². The first-order valence-electron chi connectivity index (χ1n) is 6.34. The van der Waals surface area contributed by atoms with Gasteiger partial charge in [0.25, 0.3) is 0 Å². The van der Waals surface area contributed by atoms with Gasteiger partial charge in [-0.2, -0.15) is 11.3 Å². The Balaban J connectivity index is 1.82. The molecule has 0 spiro atoms. The fourth-order valence-electron chi connectivity index (χ4n) is 2.26. The molecule has 3 nitrogen and oxygen atoms in total. The number of rotatable bonds is 4. The Bertz CT molecular complexity index is 679. The van der Waals surface area contributed by atoms with Gasteiger partial charge in [0.15, 0.2) is 4.96 Å². The average Bonchev–Trinajstić information content (AvgIpc) is 3.07. The largest absolute Gasteiger partial charge is 0.305 e. The van der Waals surface area contributed by atoms with Gasteiger partial charge in [0.05, 0.1) is 11.4 Å². The zero-order valence-corrected chi connectivity index (χ0v) is 12.9. The van der Waals surface area contributed by atoms with E-state index in [9.17, 15) is 0 Å². The van der Waals surface area contributed by atoms with Crippen molar-refractivity contribution in [1.82, 2.24) is 14.7 Å². The minimum absolute atomic E-state index is 0.371. The van der Waals surface area contributed by atoms with Gasteiger partial charge in [0, 0.05) is 23.7 Å². The molecule has 5 heteroatoms. The Hall–Kier alpha value is -1.17. The molecular weight excluding hydrogens is 274 g/mol. The van der Waals surface area contributed by atoms with E-state index in [0.29, 0.717) is 6.04 Å². The third-order valence-electron chi connectivity index (χ3n) is 3.45. The lowest BCUT2D eigenvalue weighted by atomic mass is 10.2. The molecule has 1 N–H and O–H groups in total. The van der Waals surface area contributed by atoms with Gasteiger partial charge in [-0.05, 0) is 43.2 Å². The molecule has 3 aromatic heterocycles. The number of thiophene rings is 1. The third kappa shape index (κ3) is 2.33. The molecule has 0 aromatic carbocycles. The van der Waals surface area contributed by atoms with Crippen molar-refractivity contribution in [2.45, 2.75) is 33.4 Å². The lowest BCUT2D eigenvalue weighted by Gasteiger charge is -2.12. The van der Waals surface area contributed by atoms with E-state index in [-0.39, 0.29) is 0 Å². The molecule has 0 amide bonds. The highest BCUT2D eigenvalue weighted by Crippen LogP contribution is 2.22. The molecule has 1 atom stereocenters. The van der Waals surface area contributed by atoms with Crippen molar-refractivity contribution in [2.75, 3.05) is 0 Å². The number of aromatic nitrogens is 2. The minimum Gasteiger partial charge on any atom is -0.305 e. The van der Waals surface area contributed by atoms with Crippen LogP contribution in [0.25, 0.3) is 4.96 Å². The second-order valence-corrected chi connectivity index (χ2v) is 6.41. The monoisotopic (exact) mass is 291 g/mol. The van der Waals surface area contributed by atoms with Crippen LogP contribution in [0.3, 0.4) is 0 Å². The van der Waals surface area contributed by atoms with Crippen LogP contribution in [0.4, 0.5) is 0 Å². The fourth-order valence-corrected chi connectivity index (χ4v) is 3.95. The van der Waals surface area contributed by atoms with Crippen LogP contribution >= 0.6 is 22.7 Å². The van der Waals surface area contributed by atoms with Gasteiger partial charge in [-0.25, -0.2) is 4.98 Å². The van der Waals surface area contributed by atoms with E-state index >= 15 is 0 Å². The Kier molecular flexibility index (Phi) is 3.43. The van der Waals surface area contributed by atoms with Crippen molar-refractivity contribution in [3.8, 4) is 0 Å². The standard InChI is InChI=1S/C14H17N3S2/c1-9-7-19-14-16-11(3)13(17(9)14)6-15-10(2)12-4-5-18-8-12/h4-5,7-8,10,15H,6H2,1-3H3. The molecule has 0 saturated heterocycles. The van der Waals surface area contributed by atoms with E-state index in [1.807, 2.05) is 0 Å². The number of thiazole rings is 1. The highest BCUT2D eigenvalue weighted by atomic mass is 32.1. The van der Waals surface area contributed by atoms with Crippen LogP contribution in [0, 0.1) is 13.8 Å². The molecule has 0 aliphatic heterocycles. The first kappa shape index (κ1) is 12.8. The number of hydrogen-bond acceptors (Lipinski definition) is 4. The van der Waals surface area contributed by atoms with Crippen molar-refractivity contribution in [2.24, 2.45) is 0 Å². The molecule has 3 heterocycles. The van der Waals surface area contributed by atoms with Crippen LogP contribution in [-0.2, 0) is 6.54 Å². The SMILES string of the molecule is Cc1nc2scc(C)n2c1CNC(C)c1ccsc1. The molecule has 3 aromatic rings. The highest BCUT2D eigenvalue weighted by molar-refractivity contribution is 7.15. The van der Waals surface area contributed by atoms with Crippen LogP contribution in [0.15, 0.2) is 22.2 Å². The topological polar surface area (TPSA) is 29.3 Å². The van der Waals surface area contributed by atoms with Gasteiger partial charge >= 0.3 is 0 Å². The molecule has 100 valence electrons. The summed E-state index contributed by atoms with van der Waals surface area (Å²) < 4.78 is 2.26. The maximum Gasteiger partial charge on any atom is 0.194 e. The van der Waals surface area contributed by atoms with Gasteiger partial charge < -0.3 is 5.32 Å². The van der Waals surface area contributed by atoms with Crippen molar-refractivity contribution in [3.05, 3.63) is 44.9 Å². The number of fused-ring (bicyclic) bond motifs is 1. The number of nitrogens with zero attached hydrogens (tertiary/aromatic N) is 2. The van der Waals surface area contributed by atoms with Gasteiger partial charge in [0.1, 0.15) is 0 Å². The smallest absolute Gasteiger partial charge is 0.194 e. The molecule has 0 aliphatic carbocycles. The molecule has 0 fully saturated rings. The predicted molar refractivity (Wildman–Crippen MR) is 82.1 cm³/mol. The zero-order valence-electron chi connectivity index (χ0n) is 11.3. The summed E-state index contributed by atoms with van der Waals surface area (Å²) in [7, 11) is 0. The fraction of sp³-hybridized carbons (Fsp3) is 0.357. The van der Waals surface area contributed by atoms with Gasteiger partial charge in [-0.3, -0.25) is 4.40 Å². The zero-order chi connectivity index (χ0) is 13.4. The van der Waals surface area contributed by atoms with Gasteiger partial charge in [0.2, 0.25) is 0 Å². The van der Waals surface area contributed by atoms with E-state index in [0.717, 1.165) is 17.2 Å². The van der Waals surface area contributed by atoms with Crippen LogP contribution in [0.2, 0.25) is 0 Å². The van der Waals surface area contributed by atoms with Crippen LogP contribution in [-0.4, -0.2) is 9.38 Å². The summed E-state index contributed by atoms with van der Waals surface area (Å²) in [5.74, 6) is 0. The van der Waals surface area contributed by atoms with Crippen molar-refractivity contribution >= 4 is 27.6 Å². The maximum atomic E-state index is 4.62.